The van der Waals surface area contributed by atoms with Gasteiger partial charge in [0.05, 0.1) is 6.20 Å². The van der Waals surface area contributed by atoms with Crippen molar-refractivity contribution in [1.29, 1.82) is 0 Å². The van der Waals surface area contributed by atoms with Gasteiger partial charge in [-0.25, -0.2) is 9.97 Å². The minimum atomic E-state index is -0.336. The van der Waals surface area contributed by atoms with Gasteiger partial charge in [0.25, 0.3) is 11.5 Å². The first-order chi connectivity index (χ1) is 14.8. The number of aromatic amines is 1. The fourth-order valence-corrected chi connectivity index (χ4v) is 3.10. The average Bonchev–Trinajstić information content (AvgIpc) is 2.73. The highest BCUT2D eigenvalue weighted by Crippen LogP contribution is 2.28. The van der Waals surface area contributed by atoms with Crippen molar-refractivity contribution in [3.63, 3.8) is 0 Å². The maximum absolute atomic E-state index is 12.8. The maximum atomic E-state index is 12.8. The smallest absolute Gasteiger partial charge is 0.268 e. The van der Waals surface area contributed by atoms with Gasteiger partial charge in [-0.3, -0.25) is 9.59 Å². The molecular weight excluding hydrogens is 392 g/mol. The zero-order chi connectivity index (χ0) is 22.0. The van der Waals surface area contributed by atoms with Crippen molar-refractivity contribution in [2.24, 2.45) is 0 Å². The lowest BCUT2D eigenvalue weighted by atomic mass is 9.86. The van der Waals surface area contributed by atoms with Gasteiger partial charge in [0.1, 0.15) is 11.3 Å². The zero-order valence-corrected chi connectivity index (χ0v) is 17.5. The Morgan fingerprint density at radius 3 is 2.65 bits per heavy atom. The van der Waals surface area contributed by atoms with Crippen molar-refractivity contribution in [1.82, 2.24) is 15.0 Å². The summed E-state index contributed by atoms with van der Waals surface area (Å²) in [6.07, 6.45) is 2.71. The first-order valence-corrected chi connectivity index (χ1v) is 9.83. The highest BCUT2D eigenvalue weighted by molar-refractivity contribution is 6.04. The molecule has 0 radical (unpaired) electrons. The predicted molar refractivity (Wildman–Crippen MR) is 120 cm³/mol. The van der Waals surface area contributed by atoms with E-state index in [1.54, 1.807) is 36.4 Å². The molecule has 0 atom stereocenters. The number of fused-ring (bicyclic) bond motifs is 1. The number of nitrogens with one attached hydrogen (secondary N) is 2. The molecule has 7 nitrogen and oxygen atoms in total. The third kappa shape index (κ3) is 4.61. The summed E-state index contributed by atoms with van der Waals surface area (Å²) in [7, 11) is 0. The largest absolute Gasteiger partial charge is 0.455 e. The van der Waals surface area contributed by atoms with Crippen LogP contribution in [0.2, 0.25) is 0 Å². The molecule has 0 aliphatic heterocycles. The van der Waals surface area contributed by atoms with E-state index in [0.717, 1.165) is 5.56 Å². The fourth-order valence-electron chi connectivity index (χ4n) is 3.10. The average molecular weight is 414 g/mol. The number of benzene rings is 2. The van der Waals surface area contributed by atoms with Gasteiger partial charge in [-0.2, -0.15) is 0 Å². The standard InChI is InChI=1S/C24H22N4O3/c1-24(2,3)16-7-4-6-15(12-16)23(30)27-17-8-5-9-18(13-17)31-19-10-11-25-22-21(19)26-14-20(29)28-22/h4-14H,1-3H3,(H,27,30)(H,25,28,29). The number of carbonyl (C=O) groups excluding carboxylic acids is 1. The number of anilines is 1. The first-order valence-electron chi connectivity index (χ1n) is 9.83. The number of amides is 1. The van der Waals surface area contributed by atoms with E-state index < -0.39 is 0 Å². The molecule has 7 heteroatoms. The van der Waals surface area contributed by atoms with Crippen LogP contribution >= 0.6 is 0 Å². The first kappa shape index (κ1) is 20.3. The second-order valence-electron chi connectivity index (χ2n) is 8.17. The van der Waals surface area contributed by atoms with Crippen molar-refractivity contribution in [3.8, 4) is 11.5 Å². The monoisotopic (exact) mass is 414 g/mol. The van der Waals surface area contributed by atoms with Crippen LogP contribution in [0.4, 0.5) is 5.69 Å². The lowest BCUT2D eigenvalue weighted by Crippen LogP contribution is -2.15. The van der Waals surface area contributed by atoms with Crippen molar-refractivity contribution >= 4 is 22.8 Å². The topological polar surface area (TPSA) is 97.0 Å². The molecule has 2 aromatic carbocycles. The van der Waals surface area contributed by atoms with Gasteiger partial charge < -0.3 is 15.0 Å². The highest BCUT2D eigenvalue weighted by atomic mass is 16.5. The fraction of sp³-hybridized carbons (Fsp3) is 0.167. The summed E-state index contributed by atoms with van der Waals surface area (Å²) in [6, 6.07) is 16.3. The number of hydrogen-bond acceptors (Lipinski definition) is 5. The predicted octanol–water partition coefficient (Wildman–Crippen LogP) is 4.66. The van der Waals surface area contributed by atoms with Gasteiger partial charge in [0.2, 0.25) is 0 Å². The summed E-state index contributed by atoms with van der Waals surface area (Å²) < 4.78 is 5.95. The Hall–Kier alpha value is -4.00. The second-order valence-corrected chi connectivity index (χ2v) is 8.17. The van der Waals surface area contributed by atoms with Gasteiger partial charge in [0, 0.05) is 29.6 Å². The summed E-state index contributed by atoms with van der Waals surface area (Å²) in [6.45, 7) is 6.33. The number of nitrogens with zero attached hydrogens (tertiary/aromatic N) is 2. The van der Waals surface area contributed by atoms with Crippen LogP contribution in [0.5, 0.6) is 11.5 Å². The SMILES string of the molecule is CC(C)(C)c1cccc(C(=O)Nc2cccc(Oc3ccnc4[nH]c(=O)cnc34)c2)c1. The van der Waals surface area contributed by atoms with E-state index in [9.17, 15) is 9.59 Å². The molecule has 2 N–H and O–H groups in total. The van der Waals surface area contributed by atoms with E-state index in [-0.39, 0.29) is 16.9 Å². The van der Waals surface area contributed by atoms with Crippen LogP contribution in [0, 0.1) is 0 Å². The van der Waals surface area contributed by atoms with Crippen LogP contribution in [0.3, 0.4) is 0 Å². The summed E-state index contributed by atoms with van der Waals surface area (Å²) >= 11 is 0. The van der Waals surface area contributed by atoms with E-state index in [4.69, 9.17) is 4.74 Å². The van der Waals surface area contributed by atoms with Gasteiger partial charge in [-0.1, -0.05) is 39.0 Å². The Kier molecular flexibility index (Phi) is 5.25. The quantitative estimate of drug-likeness (QED) is 0.506. The minimum absolute atomic E-state index is 0.0460. The number of pyridine rings is 1. The van der Waals surface area contributed by atoms with E-state index >= 15 is 0 Å². The van der Waals surface area contributed by atoms with Gasteiger partial charge in [-0.15, -0.1) is 0 Å². The molecule has 0 saturated heterocycles. The molecule has 0 unspecified atom stereocenters. The highest BCUT2D eigenvalue weighted by Gasteiger charge is 2.16. The van der Waals surface area contributed by atoms with Gasteiger partial charge in [-0.05, 0) is 35.2 Å². The van der Waals surface area contributed by atoms with Crippen molar-refractivity contribution in [2.75, 3.05) is 5.32 Å². The van der Waals surface area contributed by atoms with E-state index in [2.05, 4.69) is 41.0 Å². The van der Waals surface area contributed by atoms with Gasteiger partial charge in [0.15, 0.2) is 11.4 Å². The number of H-pyrrole nitrogens is 1. The lowest BCUT2D eigenvalue weighted by Gasteiger charge is -2.19. The molecule has 0 fully saturated rings. The number of hydrogen-bond donors (Lipinski definition) is 2. The van der Waals surface area contributed by atoms with Crippen LogP contribution in [-0.2, 0) is 5.41 Å². The molecule has 2 aromatic heterocycles. The molecule has 0 saturated carbocycles. The number of aromatic nitrogens is 3. The molecule has 4 rings (SSSR count). The van der Waals surface area contributed by atoms with Crippen LogP contribution in [0.15, 0.2) is 71.8 Å². The summed E-state index contributed by atoms with van der Waals surface area (Å²) in [5, 5.41) is 2.91. The summed E-state index contributed by atoms with van der Waals surface area (Å²) in [5.41, 5.74) is 2.68. The van der Waals surface area contributed by atoms with E-state index in [0.29, 0.717) is 33.9 Å². The van der Waals surface area contributed by atoms with Crippen molar-refractivity contribution in [3.05, 3.63) is 88.5 Å². The third-order valence-corrected chi connectivity index (χ3v) is 4.75. The normalized spacial score (nSPS) is 11.3. The minimum Gasteiger partial charge on any atom is -0.455 e. The molecule has 156 valence electrons. The maximum Gasteiger partial charge on any atom is 0.268 e. The van der Waals surface area contributed by atoms with Gasteiger partial charge >= 0.3 is 0 Å². The Balaban J connectivity index is 1.56. The third-order valence-electron chi connectivity index (χ3n) is 4.75. The molecule has 1 amide bonds. The molecule has 0 aliphatic rings. The molecule has 4 aromatic rings. The van der Waals surface area contributed by atoms with E-state index in [1.165, 1.54) is 12.4 Å². The molecule has 0 aliphatic carbocycles. The molecule has 2 heterocycles. The summed E-state index contributed by atoms with van der Waals surface area (Å²) in [5.74, 6) is 0.765. The number of carbonyl (C=O) groups is 1. The lowest BCUT2D eigenvalue weighted by molar-refractivity contribution is 0.102. The Morgan fingerprint density at radius 2 is 1.84 bits per heavy atom. The molecule has 0 spiro atoms. The van der Waals surface area contributed by atoms with Crippen LogP contribution < -0.4 is 15.6 Å². The molecule has 31 heavy (non-hydrogen) atoms. The molecule has 0 bridgehead atoms. The van der Waals surface area contributed by atoms with Crippen LogP contribution in [-0.4, -0.2) is 20.9 Å². The number of ether oxygens (including phenoxy) is 1. The van der Waals surface area contributed by atoms with Crippen LogP contribution in [0.1, 0.15) is 36.7 Å². The van der Waals surface area contributed by atoms with Crippen molar-refractivity contribution < 1.29 is 9.53 Å². The van der Waals surface area contributed by atoms with Crippen molar-refractivity contribution in [2.45, 2.75) is 26.2 Å². The summed E-state index contributed by atoms with van der Waals surface area (Å²) in [4.78, 5) is 35.1. The number of rotatable bonds is 4. The Bertz CT molecular complexity index is 1320. The van der Waals surface area contributed by atoms with Crippen LogP contribution in [0.25, 0.3) is 11.2 Å². The van der Waals surface area contributed by atoms with E-state index in [1.807, 2.05) is 18.2 Å². The zero-order valence-electron chi connectivity index (χ0n) is 17.5. The Morgan fingerprint density at radius 1 is 1.03 bits per heavy atom. The second kappa shape index (κ2) is 8.02. The Labute approximate surface area is 179 Å². The molecular formula is C24H22N4O3.